The predicted molar refractivity (Wildman–Crippen MR) is 119 cm³/mol. The summed E-state index contributed by atoms with van der Waals surface area (Å²) in [5, 5.41) is 2.87. The van der Waals surface area contributed by atoms with Crippen molar-refractivity contribution in [3.05, 3.63) is 93.2 Å². The van der Waals surface area contributed by atoms with Crippen molar-refractivity contribution in [3.63, 3.8) is 0 Å². The van der Waals surface area contributed by atoms with Crippen LogP contribution in [0.2, 0.25) is 10.0 Å². The van der Waals surface area contributed by atoms with Crippen molar-refractivity contribution in [3.8, 4) is 0 Å². The number of hydrogen-bond acceptors (Lipinski definition) is 5. The Kier molecular flexibility index (Phi) is 6.13. The molecule has 10 heteroatoms. The molecule has 1 aliphatic heterocycles. The number of nitrogens with one attached hydrogen (secondary N) is 1. The minimum atomic E-state index is -0.894. The molecule has 0 aliphatic carbocycles. The van der Waals surface area contributed by atoms with Crippen LogP contribution in [0.1, 0.15) is 31.1 Å². The van der Waals surface area contributed by atoms with Gasteiger partial charge in [-0.25, -0.2) is 14.1 Å². The van der Waals surface area contributed by atoms with Gasteiger partial charge >= 0.3 is 5.97 Å². The van der Waals surface area contributed by atoms with Crippen LogP contribution in [0.25, 0.3) is 0 Å². The Balaban J connectivity index is 1.44. The number of amides is 3. The summed E-state index contributed by atoms with van der Waals surface area (Å²) < 4.78 is 18.7. The van der Waals surface area contributed by atoms with Crippen molar-refractivity contribution in [2.24, 2.45) is 0 Å². The fourth-order valence-corrected chi connectivity index (χ4v) is 3.47. The zero-order valence-corrected chi connectivity index (χ0v) is 18.1. The molecular weight excluding hydrogens is 474 g/mol. The Hall–Kier alpha value is -3.75. The third-order valence-electron chi connectivity index (χ3n) is 4.75. The summed E-state index contributed by atoms with van der Waals surface area (Å²) in [5.74, 6) is -3.56. The van der Waals surface area contributed by atoms with Gasteiger partial charge in [0.15, 0.2) is 6.61 Å². The van der Waals surface area contributed by atoms with E-state index in [0.29, 0.717) is 10.7 Å². The van der Waals surface area contributed by atoms with Gasteiger partial charge < -0.3 is 10.1 Å². The molecule has 3 aromatic rings. The van der Waals surface area contributed by atoms with Crippen molar-refractivity contribution in [2.75, 3.05) is 16.8 Å². The van der Waals surface area contributed by atoms with Crippen LogP contribution >= 0.6 is 23.2 Å². The van der Waals surface area contributed by atoms with Crippen LogP contribution in [0.3, 0.4) is 0 Å². The highest BCUT2D eigenvalue weighted by molar-refractivity contribution is 6.35. The molecule has 1 heterocycles. The molecule has 33 heavy (non-hydrogen) atoms. The number of hydrogen-bond donors (Lipinski definition) is 1. The summed E-state index contributed by atoms with van der Waals surface area (Å²) in [5.41, 5.74) is 0.336. The lowest BCUT2D eigenvalue weighted by Gasteiger charge is -2.13. The van der Waals surface area contributed by atoms with Crippen LogP contribution in [-0.4, -0.2) is 30.3 Å². The SMILES string of the molecule is O=C(COC(=O)c1ccc2c(c1)C(=O)N(c1ccc(Cl)cc1)C2=O)Nc1ccc(Cl)cc1F. The zero-order valence-electron chi connectivity index (χ0n) is 16.6. The zero-order chi connectivity index (χ0) is 23.7. The van der Waals surface area contributed by atoms with Gasteiger partial charge in [-0.2, -0.15) is 0 Å². The van der Waals surface area contributed by atoms with Gasteiger partial charge in [-0.1, -0.05) is 23.2 Å². The molecule has 0 unspecified atom stereocenters. The van der Waals surface area contributed by atoms with E-state index in [0.717, 1.165) is 11.0 Å². The molecule has 1 aliphatic rings. The van der Waals surface area contributed by atoms with Crippen molar-refractivity contribution in [1.29, 1.82) is 0 Å². The van der Waals surface area contributed by atoms with Gasteiger partial charge in [0.1, 0.15) is 5.82 Å². The number of benzene rings is 3. The summed E-state index contributed by atoms with van der Waals surface area (Å²) in [6, 6.07) is 13.7. The number of carbonyl (C=O) groups is 4. The number of fused-ring (bicyclic) bond motifs is 1. The molecule has 4 rings (SSSR count). The van der Waals surface area contributed by atoms with E-state index in [9.17, 15) is 23.6 Å². The van der Waals surface area contributed by atoms with E-state index in [1.54, 1.807) is 12.1 Å². The minimum absolute atomic E-state index is 0.0251. The number of anilines is 2. The van der Waals surface area contributed by atoms with Gasteiger partial charge in [0.05, 0.1) is 28.1 Å². The van der Waals surface area contributed by atoms with E-state index in [2.05, 4.69) is 5.32 Å². The maximum Gasteiger partial charge on any atom is 0.338 e. The number of carbonyl (C=O) groups excluding carboxylic acids is 4. The number of esters is 1. The molecule has 0 atom stereocenters. The molecule has 166 valence electrons. The largest absolute Gasteiger partial charge is 0.452 e. The molecule has 0 bridgehead atoms. The highest BCUT2D eigenvalue weighted by Crippen LogP contribution is 2.30. The van der Waals surface area contributed by atoms with Gasteiger partial charge in [-0.05, 0) is 60.7 Å². The van der Waals surface area contributed by atoms with Crippen molar-refractivity contribution < 1.29 is 28.3 Å². The number of imide groups is 1. The predicted octanol–water partition coefficient (Wildman–Crippen LogP) is 4.73. The number of halogens is 3. The van der Waals surface area contributed by atoms with Crippen LogP contribution < -0.4 is 10.2 Å². The lowest BCUT2D eigenvalue weighted by Crippen LogP contribution is -2.29. The first-order chi connectivity index (χ1) is 15.7. The Morgan fingerprint density at radius 2 is 1.55 bits per heavy atom. The Morgan fingerprint density at radius 1 is 0.879 bits per heavy atom. The molecule has 0 aromatic heterocycles. The summed E-state index contributed by atoms with van der Waals surface area (Å²) in [4.78, 5) is 50.8. The highest BCUT2D eigenvalue weighted by Gasteiger charge is 2.37. The first-order valence-electron chi connectivity index (χ1n) is 9.45. The van der Waals surface area contributed by atoms with Gasteiger partial charge in [0.25, 0.3) is 17.7 Å². The molecule has 0 saturated heterocycles. The maximum absolute atomic E-state index is 13.8. The van der Waals surface area contributed by atoms with E-state index in [1.165, 1.54) is 42.5 Å². The molecule has 3 aromatic carbocycles. The Labute approximate surface area is 196 Å². The van der Waals surface area contributed by atoms with Gasteiger partial charge in [-0.3, -0.25) is 14.4 Å². The lowest BCUT2D eigenvalue weighted by atomic mass is 10.1. The van der Waals surface area contributed by atoms with Crippen LogP contribution in [0.15, 0.2) is 60.7 Å². The van der Waals surface area contributed by atoms with Crippen molar-refractivity contribution >= 4 is 58.3 Å². The number of nitrogens with zero attached hydrogens (tertiary/aromatic N) is 1. The second-order valence-electron chi connectivity index (χ2n) is 6.93. The smallest absolute Gasteiger partial charge is 0.338 e. The van der Waals surface area contributed by atoms with Crippen LogP contribution in [-0.2, 0) is 9.53 Å². The van der Waals surface area contributed by atoms with E-state index < -0.39 is 36.1 Å². The molecule has 0 saturated carbocycles. The summed E-state index contributed by atoms with van der Waals surface area (Å²) in [7, 11) is 0. The third kappa shape index (κ3) is 4.57. The fraction of sp³-hybridized carbons (Fsp3) is 0.0435. The van der Waals surface area contributed by atoms with Crippen LogP contribution in [0.5, 0.6) is 0 Å². The summed E-state index contributed by atoms with van der Waals surface area (Å²) >= 11 is 11.5. The second kappa shape index (κ2) is 9.01. The first-order valence-corrected chi connectivity index (χ1v) is 10.2. The molecule has 1 N–H and O–H groups in total. The van der Waals surface area contributed by atoms with Crippen molar-refractivity contribution in [1.82, 2.24) is 0 Å². The van der Waals surface area contributed by atoms with Gasteiger partial charge in [-0.15, -0.1) is 0 Å². The van der Waals surface area contributed by atoms with E-state index >= 15 is 0 Å². The molecule has 0 spiro atoms. The average molecular weight is 487 g/mol. The first kappa shape index (κ1) is 22.4. The normalized spacial score (nSPS) is 12.5. The Morgan fingerprint density at radius 3 is 2.24 bits per heavy atom. The molecule has 0 fully saturated rings. The second-order valence-corrected chi connectivity index (χ2v) is 7.80. The summed E-state index contributed by atoms with van der Waals surface area (Å²) in [6.45, 7) is -0.693. The average Bonchev–Trinajstić information content (AvgIpc) is 3.04. The third-order valence-corrected chi connectivity index (χ3v) is 5.23. The topological polar surface area (TPSA) is 92.8 Å². The molecule has 0 radical (unpaired) electrons. The van der Waals surface area contributed by atoms with Crippen LogP contribution in [0.4, 0.5) is 15.8 Å². The van der Waals surface area contributed by atoms with Gasteiger partial charge in [0, 0.05) is 10.0 Å². The van der Waals surface area contributed by atoms with E-state index in [4.69, 9.17) is 27.9 Å². The van der Waals surface area contributed by atoms with E-state index in [-0.39, 0.29) is 27.4 Å². The van der Waals surface area contributed by atoms with E-state index in [1.807, 2.05) is 0 Å². The monoisotopic (exact) mass is 486 g/mol. The molecular formula is C23H13Cl2FN2O5. The quantitative estimate of drug-likeness (QED) is 0.415. The number of ether oxygens (including phenoxy) is 1. The fourth-order valence-electron chi connectivity index (χ4n) is 3.18. The highest BCUT2D eigenvalue weighted by atomic mass is 35.5. The lowest BCUT2D eigenvalue weighted by molar-refractivity contribution is -0.119. The maximum atomic E-state index is 13.8. The summed E-state index contributed by atoms with van der Waals surface area (Å²) in [6.07, 6.45) is 0. The molecule has 3 amide bonds. The van der Waals surface area contributed by atoms with Gasteiger partial charge in [0.2, 0.25) is 0 Å². The standard InChI is InChI=1S/C23H13Cl2FN2O5/c24-13-2-5-15(6-3-13)28-21(30)16-7-1-12(9-17(16)22(28)31)23(32)33-11-20(29)27-19-8-4-14(25)10-18(19)26/h1-10H,11H2,(H,27,29). The Bertz CT molecular complexity index is 1310. The number of rotatable bonds is 5. The van der Waals surface area contributed by atoms with Crippen LogP contribution in [0, 0.1) is 5.82 Å². The molecule has 7 nitrogen and oxygen atoms in total. The van der Waals surface area contributed by atoms with Crippen molar-refractivity contribution in [2.45, 2.75) is 0 Å². The minimum Gasteiger partial charge on any atom is -0.452 e.